The Labute approximate surface area is 132 Å². The van der Waals surface area contributed by atoms with E-state index >= 15 is 0 Å². The van der Waals surface area contributed by atoms with Crippen LogP contribution in [0.2, 0.25) is 0 Å². The largest absolute Gasteiger partial charge is 0.418 e. The Hall–Kier alpha value is -1.77. The van der Waals surface area contributed by atoms with Crippen LogP contribution in [0.1, 0.15) is 15.9 Å². The lowest BCUT2D eigenvalue weighted by Gasteiger charge is -2.12. The Bertz CT molecular complexity index is 669. The van der Waals surface area contributed by atoms with Crippen LogP contribution in [0, 0.1) is 3.57 Å². The molecule has 110 valence electrons. The van der Waals surface area contributed by atoms with Crippen LogP contribution in [0.15, 0.2) is 42.5 Å². The van der Waals surface area contributed by atoms with Gasteiger partial charge in [-0.25, -0.2) is 0 Å². The zero-order chi connectivity index (χ0) is 15.6. The van der Waals surface area contributed by atoms with E-state index in [1.807, 2.05) is 0 Å². The molecule has 2 aromatic rings. The summed E-state index contributed by atoms with van der Waals surface area (Å²) in [7, 11) is 0. The molecule has 0 aliphatic carbocycles. The number of anilines is 2. The average Bonchev–Trinajstić information content (AvgIpc) is 2.40. The first kappa shape index (κ1) is 15.6. The summed E-state index contributed by atoms with van der Waals surface area (Å²) in [6.07, 6.45) is -4.56. The summed E-state index contributed by atoms with van der Waals surface area (Å²) in [5.74, 6) is -0.482. The van der Waals surface area contributed by atoms with Gasteiger partial charge in [0.25, 0.3) is 5.91 Å². The molecule has 0 fully saturated rings. The smallest absolute Gasteiger partial charge is 0.398 e. The molecule has 0 aromatic heterocycles. The summed E-state index contributed by atoms with van der Waals surface area (Å²) in [5.41, 5.74) is 4.35. The Balaban J connectivity index is 2.24. The number of benzene rings is 2. The molecule has 2 rings (SSSR count). The molecule has 7 heteroatoms. The Morgan fingerprint density at radius 3 is 2.29 bits per heavy atom. The minimum absolute atomic E-state index is 0.0417. The fourth-order valence-corrected chi connectivity index (χ4v) is 2.04. The van der Waals surface area contributed by atoms with E-state index in [9.17, 15) is 18.0 Å². The van der Waals surface area contributed by atoms with Crippen molar-refractivity contribution in [3.8, 4) is 0 Å². The fraction of sp³-hybridized carbons (Fsp3) is 0.0714. The van der Waals surface area contributed by atoms with Gasteiger partial charge < -0.3 is 11.1 Å². The van der Waals surface area contributed by atoms with Gasteiger partial charge in [-0.15, -0.1) is 0 Å². The van der Waals surface area contributed by atoms with E-state index in [1.54, 1.807) is 24.3 Å². The normalized spacial score (nSPS) is 11.2. The van der Waals surface area contributed by atoms with Crippen LogP contribution in [0.5, 0.6) is 0 Å². The SMILES string of the molecule is Nc1ccc(NC(=O)c2ccc(I)cc2)cc1C(F)(F)F. The number of alkyl halides is 3. The number of nitrogen functional groups attached to an aromatic ring is 1. The monoisotopic (exact) mass is 406 g/mol. The van der Waals surface area contributed by atoms with Gasteiger partial charge in [-0.05, 0) is 65.1 Å². The van der Waals surface area contributed by atoms with Crippen molar-refractivity contribution in [2.24, 2.45) is 0 Å². The fourth-order valence-electron chi connectivity index (χ4n) is 1.68. The van der Waals surface area contributed by atoms with Crippen LogP contribution < -0.4 is 11.1 Å². The van der Waals surface area contributed by atoms with Crippen molar-refractivity contribution in [2.75, 3.05) is 11.1 Å². The molecule has 3 nitrogen and oxygen atoms in total. The third kappa shape index (κ3) is 3.87. The van der Waals surface area contributed by atoms with E-state index in [4.69, 9.17) is 5.73 Å². The van der Waals surface area contributed by atoms with Crippen molar-refractivity contribution in [2.45, 2.75) is 6.18 Å². The molecule has 3 N–H and O–H groups in total. The zero-order valence-corrected chi connectivity index (χ0v) is 12.7. The topological polar surface area (TPSA) is 55.1 Å². The molecule has 2 aromatic carbocycles. The van der Waals surface area contributed by atoms with Crippen molar-refractivity contribution in [1.29, 1.82) is 0 Å². The molecule has 0 spiro atoms. The maximum absolute atomic E-state index is 12.7. The van der Waals surface area contributed by atoms with Gasteiger partial charge in [0.1, 0.15) is 0 Å². The van der Waals surface area contributed by atoms with E-state index in [-0.39, 0.29) is 11.4 Å². The summed E-state index contributed by atoms with van der Waals surface area (Å²) in [6, 6.07) is 9.93. The molecule has 0 saturated carbocycles. The van der Waals surface area contributed by atoms with Gasteiger partial charge in [0.2, 0.25) is 0 Å². The van der Waals surface area contributed by atoms with Gasteiger partial charge in [-0.1, -0.05) is 0 Å². The number of hydrogen-bond donors (Lipinski definition) is 2. The predicted octanol–water partition coefficient (Wildman–Crippen LogP) is 4.14. The summed E-state index contributed by atoms with van der Waals surface area (Å²) < 4.78 is 39.2. The first-order valence-electron chi connectivity index (χ1n) is 5.81. The Morgan fingerprint density at radius 2 is 1.71 bits per heavy atom. The van der Waals surface area contributed by atoms with Gasteiger partial charge >= 0.3 is 6.18 Å². The minimum atomic E-state index is -4.56. The van der Waals surface area contributed by atoms with Crippen LogP contribution in [0.3, 0.4) is 0 Å². The second-order valence-electron chi connectivity index (χ2n) is 4.26. The summed E-state index contributed by atoms with van der Waals surface area (Å²) in [5, 5.41) is 2.42. The van der Waals surface area contributed by atoms with Crippen LogP contribution in [0.4, 0.5) is 24.5 Å². The molecule has 0 bridgehead atoms. The molecule has 0 atom stereocenters. The molecule has 0 aliphatic rings. The number of halogens is 4. The maximum atomic E-state index is 12.7. The molecule has 1 amide bonds. The summed E-state index contributed by atoms with van der Waals surface area (Å²) in [6.45, 7) is 0. The van der Waals surface area contributed by atoms with Crippen LogP contribution in [-0.4, -0.2) is 5.91 Å². The van der Waals surface area contributed by atoms with Crippen molar-refractivity contribution >= 4 is 39.9 Å². The highest BCUT2D eigenvalue weighted by molar-refractivity contribution is 14.1. The molecule has 0 aliphatic heterocycles. The highest BCUT2D eigenvalue weighted by Crippen LogP contribution is 2.35. The number of rotatable bonds is 2. The summed E-state index contributed by atoms with van der Waals surface area (Å²) in [4.78, 5) is 11.9. The second-order valence-corrected chi connectivity index (χ2v) is 5.51. The lowest BCUT2D eigenvalue weighted by atomic mass is 10.1. The molecule has 0 heterocycles. The van der Waals surface area contributed by atoms with Crippen LogP contribution in [-0.2, 0) is 6.18 Å². The van der Waals surface area contributed by atoms with Crippen LogP contribution >= 0.6 is 22.6 Å². The lowest BCUT2D eigenvalue weighted by Crippen LogP contribution is -2.14. The highest BCUT2D eigenvalue weighted by Gasteiger charge is 2.33. The van der Waals surface area contributed by atoms with E-state index in [0.29, 0.717) is 5.56 Å². The molecule has 0 unspecified atom stereocenters. The number of carbonyl (C=O) groups is 1. The van der Waals surface area contributed by atoms with E-state index in [1.165, 1.54) is 6.07 Å². The Morgan fingerprint density at radius 1 is 1.10 bits per heavy atom. The first-order chi connectivity index (χ1) is 9.77. The first-order valence-corrected chi connectivity index (χ1v) is 6.89. The van der Waals surface area contributed by atoms with Gasteiger partial charge in [-0.2, -0.15) is 13.2 Å². The molecular formula is C14H10F3IN2O. The molecular weight excluding hydrogens is 396 g/mol. The van der Waals surface area contributed by atoms with Crippen molar-refractivity contribution in [3.05, 3.63) is 57.2 Å². The van der Waals surface area contributed by atoms with E-state index in [0.717, 1.165) is 15.7 Å². The third-order valence-corrected chi connectivity index (χ3v) is 3.44. The van der Waals surface area contributed by atoms with Gasteiger partial charge in [0, 0.05) is 20.5 Å². The van der Waals surface area contributed by atoms with E-state index in [2.05, 4.69) is 27.9 Å². The standard InChI is InChI=1S/C14H10F3IN2O/c15-14(16,17)11-7-10(5-6-12(11)19)20-13(21)8-1-3-9(18)4-2-8/h1-7H,19H2,(H,20,21). The number of nitrogens with one attached hydrogen (secondary N) is 1. The maximum Gasteiger partial charge on any atom is 0.418 e. The number of carbonyl (C=O) groups excluding carboxylic acids is 1. The predicted molar refractivity (Wildman–Crippen MR) is 83.0 cm³/mol. The van der Waals surface area contributed by atoms with E-state index < -0.39 is 17.6 Å². The van der Waals surface area contributed by atoms with Crippen molar-refractivity contribution in [3.63, 3.8) is 0 Å². The van der Waals surface area contributed by atoms with Gasteiger partial charge in [-0.3, -0.25) is 4.79 Å². The number of nitrogens with two attached hydrogens (primary N) is 1. The molecule has 21 heavy (non-hydrogen) atoms. The minimum Gasteiger partial charge on any atom is -0.398 e. The molecule has 0 saturated heterocycles. The van der Waals surface area contributed by atoms with Crippen molar-refractivity contribution < 1.29 is 18.0 Å². The second kappa shape index (κ2) is 5.92. The number of amides is 1. The zero-order valence-electron chi connectivity index (χ0n) is 10.5. The van der Waals surface area contributed by atoms with Gasteiger partial charge in [0.05, 0.1) is 5.56 Å². The third-order valence-electron chi connectivity index (χ3n) is 2.72. The Kier molecular flexibility index (Phi) is 4.40. The number of hydrogen-bond acceptors (Lipinski definition) is 2. The quantitative estimate of drug-likeness (QED) is 0.582. The lowest BCUT2D eigenvalue weighted by molar-refractivity contribution is -0.136. The van der Waals surface area contributed by atoms with Gasteiger partial charge in [0.15, 0.2) is 0 Å². The van der Waals surface area contributed by atoms with Crippen molar-refractivity contribution in [1.82, 2.24) is 0 Å². The summed E-state index contributed by atoms with van der Waals surface area (Å²) >= 11 is 2.09. The highest BCUT2D eigenvalue weighted by atomic mass is 127. The van der Waals surface area contributed by atoms with Crippen LogP contribution in [0.25, 0.3) is 0 Å². The average molecular weight is 406 g/mol. The molecule has 0 radical (unpaired) electrons.